The lowest BCUT2D eigenvalue weighted by Crippen LogP contribution is -2.29. The van der Waals surface area contributed by atoms with E-state index in [-0.39, 0.29) is 12.5 Å². The molecule has 1 aromatic heterocycles. The lowest BCUT2D eigenvalue weighted by molar-refractivity contribution is -0.117. The first-order valence-corrected chi connectivity index (χ1v) is 10.5. The van der Waals surface area contributed by atoms with Crippen molar-refractivity contribution in [2.45, 2.75) is 32.7 Å². The highest BCUT2D eigenvalue weighted by Gasteiger charge is 2.24. The van der Waals surface area contributed by atoms with E-state index in [1.807, 2.05) is 30.1 Å². The number of thiophene rings is 1. The van der Waals surface area contributed by atoms with E-state index in [0.29, 0.717) is 34.5 Å². The zero-order chi connectivity index (χ0) is 21.0. The van der Waals surface area contributed by atoms with E-state index in [1.54, 1.807) is 25.6 Å². The number of rotatable bonds is 7. The van der Waals surface area contributed by atoms with Gasteiger partial charge in [0.15, 0.2) is 11.5 Å². The Kier molecular flexibility index (Phi) is 6.78. The summed E-state index contributed by atoms with van der Waals surface area (Å²) in [6.45, 7) is 3.06. The van der Waals surface area contributed by atoms with Gasteiger partial charge in [-0.3, -0.25) is 9.69 Å². The van der Waals surface area contributed by atoms with Gasteiger partial charge in [-0.2, -0.15) is 5.26 Å². The van der Waals surface area contributed by atoms with Crippen molar-refractivity contribution in [1.82, 2.24) is 4.90 Å². The molecule has 1 aliphatic rings. The van der Waals surface area contributed by atoms with Crippen LogP contribution < -0.4 is 14.8 Å². The van der Waals surface area contributed by atoms with Crippen LogP contribution in [0.3, 0.4) is 0 Å². The molecule has 0 radical (unpaired) electrons. The first kappa shape index (κ1) is 21.2. The third-order valence-electron chi connectivity index (χ3n) is 5.19. The highest BCUT2D eigenvalue weighted by Crippen LogP contribution is 2.39. The molecule has 0 saturated heterocycles. The summed E-state index contributed by atoms with van der Waals surface area (Å²) < 4.78 is 10.6. The van der Waals surface area contributed by atoms with Crippen molar-refractivity contribution >= 4 is 22.2 Å². The van der Waals surface area contributed by atoms with Crippen LogP contribution in [0.1, 0.15) is 34.9 Å². The molecule has 1 atom stereocenters. The van der Waals surface area contributed by atoms with E-state index < -0.39 is 0 Å². The standard InChI is InChI=1S/C22H27N3O3S/c1-14-5-7-16-17(11-23)22(29-20(16)9-14)24-21(26)13-25(2)12-15-6-8-18(27-3)19(10-15)28-4/h6,8,10,14H,5,7,9,12-13H2,1-4H3,(H,24,26)/t14-/m0/s1. The van der Waals surface area contributed by atoms with E-state index in [9.17, 15) is 10.1 Å². The Morgan fingerprint density at radius 2 is 2.10 bits per heavy atom. The fourth-order valence-corrected chi connectivity index (χ4v) is 5.09. The smallest absolute Gasteiger partial charge is 0.239 e. The molecule has 0 unspecified atom stereocenters. The van der Waals surface area contributed by atoms with Crippen molar-refractivity contribution in [1.29, 1.82) is 5.26 Å². The number of anilines is 1. The summed E-state index contributed by atoms with van der Waals surface area (Å²) in [4.78, 5) is 15.8. The van der Waals surface area contributed by atoms with Crippen LogP contribution in [0.25, 0.3) is 0 Å². The summed E-state index contributed by atoms with van der Waals surface area (Å²) in [6, 6.07) is 8.03. The quantitative estimate of drug-likeness (QED) is 0.747. The Balaban J connectivity index is 1.63. The average molecular weight is 414 g/mol. The van der Waals surface area contributed by atoms with Crippen LogP contribution in [0.2, 0.25) is 0 Å². The molecule has 7 heteroatoms. The number of nitrogens with one attached hydrogen (secondary N) is 1. The van der Waals surface area contributed by atoms with Gasteiger partial charge in [-0.05, 0) is 55.5 Å². The number of nitrogens with zero attached hydrogens (tertiary/aromatic N) is 2. The van der Waals surface area contributed by atoms with E-state index >= 15 is 0 Å². The molecule has 0 bridgehead atoms. The number of carbonyl (C=O) groups is 1. The van der Waals surface area contributed by atoms with Gasteiger partial charge in [0, 0.05) is 11.4 Å². The van der Waals surface area contributed by atoms with Crippen molar-refractivity contribution in [2.75, 3.05) is 33.1 Å². The third kappa shape index (κ3) is 4.89. The maximum Gasteiger partial charge on any atom is 0.239 e. The lowest BCUT2D eigenvalue weighted by atomic mass is 9.89. The molecule has 1 aromatic carbocycles. The van der Waals surface area contributed by atoms with E-state index in [2.05, 4.69) is 18.3 Å². The summed E-state index contributed by atoms with van der Waals surface area (Å²) in [7, 11) is 5.10. The summed E-state index contributed by atoms with van der Waals surface area (Å²) >= 11 is 1.56. The zero-order valence-corrected chi connectivity index (χ0v) is 18.2. The number of fused-ring (bicyclic) bond motifs is 1. The molecule has 3 rings (SSSR count). The van der Waals surface area contributed by atoms with Gasteiger partial charge in [0.25, 0.3) is 0 Å². The molecule has 29 heavy (non-hydrogen) atoms. The minimum absolute atomic E-state index is 0.115. The normalized spacial score (nSPS) is 15.5. The summed E-state index contributed by atoms with van der Waals surface area (Å²) in [5, 5.41) is 13.2. The SMILES string of the molecule is COc1ccc(CN(C)CC(=O)Nc2sc3c(c2C#N)CC[C@H](C)C3)cc1OC. The molecule has 0 fully saturated rings. The highest BCUT2D eigenvalue weighted by molar-refractivity contribution is 7.16. The van der Waals surface area contributed by atoms with Crippen molar-refractivity contribution in [3.8, 4) is 17.6 Å². The molecule has 0 aliphatic heterocycles. The fraction of sp³-hybridized carbons (Fsp3) is 0.455. The number of hydrogen-bond acceptors (Lipinski definition) is 6. The minimum Gasteiger partial charge on any atom is -0.493 e. The molecule has 1 amide bonds. The number of hydrogen-bond donors (Lipinski definition) is 1. The number of likely N-dealkylation sites (N-methyl/N-ethyl adjacent to an activating group) is 1. The third-order valence-corrected chi connectivity index (χ3v) is 6.36. The van der Waals surface area contributed by atoms with Crippen LogP contribution in [-0.4, -0.2) is 38.6 Å². The first-order valence-electron chi connectivity index (χ1n) is 9.69. The van der Waals surface area contributed by atoms with Gasteiger partial charge >= 0.3 is 0 Å². The fourth-order valence-electron chi connectivity index (χ4n) is 3.72. The van der Waals surface area contributed by atoms with Gasteiger partial charge in [-0.1, -0.05) is 13.0 Å². The van der Waals surface area contributed by atoms with Crippen LogP contribution in [0.5, 0.6) is 11.5 Å². The number of benzene rings is 1. The Bertz CT molecular complexity index is 932. The van der Waals surface area contributed by atoms with Crippen LogP contribution in [-0.2, 0) is 24.2 Å². The van der Waals surface area contributed by atoms with Crippen molar-refractivity contribution < 1.29 is 14.3 Å². The largest absolute Gasteiger partial charge is 0.493 e. The van der Waals surface area contributed by atoms with Gasteiger partial charge in [-0.15, -0.1) is 11.3 Å². The number of nitriles is 1. The van der Waals surface area contributed by atoms with Crippen molar-refractivity contribution in [2.24, 2.45) is 5.92 Å². The van der Waals surface area contributed by atoms with Gasteiger partial charge in [0.05, 0.1) is 26.3 Å². The molecule has 1 heterocycles. The Labute approximate surface area is 176 Å². The zero-order valence-electron chi connectivity index (χ0n) is 17.4. The molecule has 6 nitrogen and oxygen atoms in total. The molecule has 0 spiro atoms. The van der Waals surface area contributed by atoms with Crippen LogP contribution >= 0.6 is 11.3 Å². The van der Waals surface area contributed by atoms with Crippen LogP contribution in [0.15, 0.2) is 18.2 Å². The average Bonchev–Trinajstić information content (AvgIpc) is 3.03. The predicted molar refractivity (Wildman–Crippen MR) is 115 cm³/mol. The maximum absolute atomic E-state index is 12.6. The van der Waals surface area contributed by atoms with Gasteiger partial charge in [0.1, 0.15) is 11.1 Å². The first-order chi connectivity index (χ1) is 13.9. The Morgan fingerprint density at radius 3 is 2.79 bits per heavy atom. The number of amides is 1. The van der Waals surface area contributed by atoms with E-state index in [4.69, 9.17) is 9.47 Å². The maximum atomic E-state index is 12.6. The van der Waals surface area contributed by atoms with Gasteiger partial charge < -0.3 is 14.8 Å². The van der Waals surface area contributed by atoms with Gasteiger partial charge in [-0.25, -0.2) is 0 Å². The monoisotopic (exact) mass is 413 g/mol. The van der Waals surface area contributed by atoms with Crippen molar-refractivity contribution in [3.05, 3.63) is 39.8 Å². The highest BCUT2D eigenvalue weighted by atomic mass is 32.1. The van der Waals surface area contributed by atoms with Crippen LogP contribution in [0.4, 0.5) is 5.00 Å². The molecular weight excluding hydrogens is 386 g/mol. The second-order valence-corrected chi connectivity index (χ2v) is 8.68. The number of ether oxygens (including phenoxy) is 2. The predicted octanol–water partition coefficient (Wildman–Crippen LogP) is 3.83. The molecule has 1 aliphatic carbocycles. The summed E-state index contributed by atoms with van der Waals surface area (Å²) in [5.74, 6) is 1.86. The summed E-state index contributed by atoms with van der Waals surface area (Å²) in [5.41, 5.74) is 2.80. The number of carbonyl (C=O) groups excluding carboxylic acids is 1. The molecule has 1 N–H and O–H groups in total. The second kappa shape index (κ2) is 9.29. The molecule has 154 valence electrons. The molecular formula is C22H27N3O3S. The van der Waals surface area contributed by atoms with E-state index in [0.717, 1.165) is 30.4 Å². The van der Waals surface area contributed by atoms with Gasteiger partial charge in [0.2, 0.25) is 5.91 Å². The molecule has 0 saturated carbocycles. The Hall–Kier alpha value is -2.56. The molecule has 2 aromatic rings. The van der Waals surface area contributed by atoms with Crippen LogP contribution in [0, 0.1) is 17.2 Å². The lowest BCUT2D eigenvalue weighted by Gasteiger charge is -2.17. The minimum atomic E-state index is -0.115. The second-order valence-electron chi connectivity index (χ2n) is 7.58. The number of methoxy groups -OCH3 is 2. The topological polar surface area (TPSA) is 74.6 Å². The van der Waals surface area contributed by atoms with Crippen molar-refractivity contribution in [3.63, 3.8) is 0 Å². The van der Waals surface area contributed by atoms with E-state index in [1.165, 1.54) is 4.88 Å². The Morgan fingerprint density at radius 1 is 1.34 bits per heavy atom. The summed E-state index contributed by atoms with van der Waals surface area (Å²) in [6.07, 6.45) is 3.01.